The van der Waals surface area contributed by atoms with Crippen LogP contribution in [0, 0.1) is 0 Å². The minimum atomic E-state index is -0.200. The van der Waals surface area contributed by atoms with Crippen LogP contribution in [0.2, 0.25) is 0 Å². The number of amides is 1. The summed E-state index contributed by atoms with van der Waals surface area (Å²) in [5, 5.41) is 8.32. The van der Waals surface area contributed by atoms with E-state index in [0.29, 0.717) is 5.56 Å². The molecule has 0 spiro atoms. The zero-order valence-electron chi connectivity index (χ0n) is 17.4. The number of carbonyl (C=O) groups excluding carboxylic acids is 1. The molecule has 3 rings (SSSR count). The van der Waals surface area contributed by atoms with Crippen LogP contribution in [0.3, 0.4) is 0 Å². The van der Waals surface area contributed by atoms with Gasteiger partial charge in [-0.2, -0.15) is 5.10 Å². The number of nitrogens with one attached hydrogen (secondary N) is 1. The zero-order chi connectivity index (χ0) is 20.4. The van der Waals surface area contributed by atoms with Crippen molar-refractivity contribution in [2.75, 3.05) is 7.11 Å². The normalized spacial score (nSPS) is 12.6. The van der Waals surface area contributed by atoms with Gasteiger partial charge in [-0.1, -0.05) is 32.0 Å². The summed E-state index contributed by atoms with van der Waals surface area (Å²) < 4.78 is 7.29. The van der Waals surface area contributed by atoms with Crippen molar-refractivity contribution in [2.45, 2.75) is 52.6 Å². The molecule has 28 heavy (non-hydrogen) atoms. The number of nitrogens with zero attached hydrogens (tertiary/aromatic N) is 3. The van der Waals surface area contributed by atoms with Crippen LogP contribution in [0.25, 0.3) is 11.0 Å². The van der Waals surface area contributed by atoms with E-state index < -0.39 is 0 Å². The molecule has 3 aromatic rings. The van der Waals surface area contributed by atoms with Gasteiger partial charge in [0, 0.05) is 17.3 Å². The van der Waals surface area contributed by atoms with E-state index in [-0.39, 0.29) is 23.9 Å². The Morgan fingerprint density at radius 2 is 1.86 bits per heavy atom. The molecule has 6 nitrogen and oxygen atoms in total. The number of ether oxygens (including phenoxy) is 1. The lowest BCUT2D eigenvalue weighted by Crippen LogP contribution is -2.27. The maximum Gasteiger partial charge on any atom is 0.252 e. The average molecular weight is 380 g/mol. The molecule has 1 N–H and O–H groups in total. The van der Waals surface area contributed by atoms with Gasteiger partial charge < -0.3 is 10.1 Å². The van der Waals surface area contributed by atoms with Gasteiger partial charge in [0.15, 0.2) is 5.65 Å². The van der Waals surface area contributed by atoms with Crippen LogP contribution >= 0.6 is 0 Å². The predicted molar refractivity (Wildman–Crippen MR) is 111 cm³/mol. The van der Waals surface area contributed by atoms with E-state index in [1.165, 1.54) is 0 Å². The Morgan fingerprint density at radius 1 is 1.14 bits per heavy atom. The van der Waals surface area contributed by atoms with Gasteiger partial charge in [-0.25, -0.2) is 9.67 Å². The molecular formula is C22H28N4O2. The Kier molecular flexibility index (Phi) is 5.68. The summed E-state index contributed by atoms with van der Waals surface area (Å²) in [7, 11) is 1.63. The van der Waals surface area contributed by atoms with Crippen molar-refractivity contribution < 1.29 is 9.53 Å². The molecule has 0 radical (unpaired) electrons. The van der Waals surface area contributed by atoms with Crippen LogP contribution < -0.4 is 10.1 Å². The van der Waals surface area contributed by atoms with E-state index in [2.05, 4.69) is 38.1 Å². The molecule has 6 heteroatoms. The molecule has 2 aromatic heterocycles. The SMILES string of the molecule is COc1ccccc1[C@@H](C)NC(=O)c1cc(C(C)C)nc2c1cnn2C(C)C. The maximum absolute atomic E-state index is 13.2. The van der Waals surface area contributed by atoms with Crippen LogP contribution in [0.15, 0.2) is 36.5 Å². The van der Waals surface area contributed by atoms with Crippen molar-refractivity contribution in [3.05, 3.63) is 53.3 Å². The first-order valence-corrected chi connectivity index (χ1v) is 9.65. The van der Waals surface area contributed by atoms with Crippen LogP contribution in [0.5, 0.6) is 5.75 Å². The summed E-state index contributed by atoms with van der Waals surface area (Å²) in [5.74, 6) is 0.819. The van der Waals surface area contributed by atoms with E-state index in [1.54, 1.807) is 13.3 Å². The molecule has 148 valence electrons. The van der Waals surface area contributed by atoms with Crippen molar-refractivity contribution in [2.24, 2.45) is 0 Å². The highest BCUT2D eigenvalue weighted by molar-refractivity contribution is 6.05. The molecule has 0 bridgehead atoms. The quantitative estimate of drug-likeness (QED) is 0.677. The molecular weight excluding hydrogens is 352 g/mol. The lowest BCUT2D eigenvalue weighted by atomic mass is 10.0. The largest absolute Gasteiger partial charge is 0.496 e. The molecule has 1 aromatic carbocycles. The molecule has 1 amide bonds. The molecule has 0 unspecified atom stereocenters. The number of aromatic nitrogens is 3. The van der Waals surface area contributed by atoms with Crippen LogP contribution in [-0.4, -0.2) is 27.8 Å². The van der Waals surface area contributed by atoms with Gasteiger partial charge in [0.2, 0.25) is 0 Å². The van der Waals surface area contributed by atoms with Crippen LogP contribution in [-0.2, 0) is 0 Å². The summed E-state index contributed by atoms with van der Waals surface area (Å²) in [6, 6.07) is 9.55. The van der Waals surface area contributed by atoms with Crippen LogP contribution in [0.1, 0.15) is 74.2 Å². The van der Waals surface area contributed by atoms with Gasteiger partial charge >= 0.3 is 0 Å². The van der Waals surface area contributed by atoms with E-state index in [4.69, 9.17) is 9.72 Å². The highest BCUT2D eigenvalue weighted by atomic mass is 16.5. The van der Waals surface area contributed by atoms with Gasteiger partial charge in [-0.3, -0.25) is 4.79 Å². The first kappa shape index (κ1) is 19.9. The molecule has 0 fully saturated rings. The second-order valence-electron chi connectivity index (χ2n) is 7.61. The average Bonchev–Trinajstić information content (AvgIpc) is 3.11. The highest BCUT2D eigenvalue weighted by Gasteiger charge is 2.21. The topological polar surface area (TPSA) is 69.0 Å². The highest BCUT2D eigenvalue weighted by Crippen LogP contribution is 2.27. The van der Waals surface area contributed by atoms with Crippen molar-refractivity contribution in [3.8, 4) is 5.75 Å². The summed E-state index contributed by atoms with van der Waals surface area (Å²) in [4.78, 5) is 17.9. The lowest BCUT2D eigenvalue weighted by Gasteiger charge is -2.18. The molecule has 1 atom stereocenters. The number of rotatable bonds is 6. The summed E-state index contributed by atoms with van der Waals surface area (Å²) >= 11 is 0. The Bertz CT molecular complexity index is 991. The fraction of sp³-hybridized carbons (Fsp3) is 0.409. The molecule has 0 aliphatic heterocycles. The number of benzene rings is 1. The van der Waals surface area contributed by atoms with E-state index in [1.807, 2.05) is 41.9 Å². The Balaban J connectivity index is 2.01. The van der Waals surface area contributed by atoms with Crippen molar-refractivity contribution in [1.82, 2.24) is 20.1 Å². The fourth-order valence-corrected chi connectivity index (χ4v) is 3.28. The molecule has 2 heterocycles. The Labute approximate surface area is 165 Å². The molecule has 0 saturated heterocycles. The van der Waals surface area contributed by atoms with Crippen molar-refractivity contribution in [3.63, 3.8) is 0 Å². The Morgan fingerprint density at radius 3 is 2.50 bits per heavy atom. The Hall–Kier alpha value is -2.89. The van der Waals surface area contributed by atoms with E-state index in [9.17, 15) is 4.79 Å². The maximum atomic E-state index is 13.2. The number of fused-ring (bicyclic) bond motifs is 1. The number of carbonyl (C=O) groups is 1. The molecule has 0 aliphatic carbocycles. The first-order chi connectivity index (χ1) is 13.3. The third kappa shape index (κ3) is 3.72. The zero-order valence-corrected chi connectivity index (χ0v) is 17.4. The van der Waals surface area contributed by atoms with E-state index in [0.717, 1.165) is 28.0 Å². The number of para-hydroxylation sites is 1. The van der Waals surface area contributed by atoms with Gasteiger partial charge in [-0.05, 0) is 38.8 Å². The van der Waals surface area contributed by atoms with Gasteiger partial charge in [0.25, 0.3) is 5.91 Å². The summed E-state index contributed by atoms with van der Waals surface area (Å²) in [5.41, 5.74) is 3.16. The monoisotopic (exact) mass is 380 g/mol. The second-order valence-corrected chi connectivity index (χ2v) is 7.61. The molecule has 0 aliphatic rings. The minimum absolute atomic E-state index is 0.143. The second kappa shape index (κ2) is 8.00. The van der Waals surface area contributed by atoms with Crippen LogP contribution in [0.4, 0.5) is 0 Å². The number of pyridine rings is 1. The predicted octanol–water partition coefficient (Wildman–Crippen LogP) is 4.64. The number of hydrogen-bond donors (Lipinski definition) is 1. The van der Waals surface area contributed by atoms with Crippen molar-refractivity contribution >= 4 is 16.9 Å². The number of methoxy groups -OCH3 is 1. The third-order valence-electron chi connectivity index (χ3n) is 4.86. The summed E-state index contributed by atoms with van der Waals surface area (Å²) in [6.45, 7) is 10.2. The van der Waals surface area contributed by atoms with Crippen molar-refractivity contribution in [1.29, 1.82) is 0 Å². The molecule has 0 saturated carbocycles. The minimum Gasteiger partial charge on any atom is -0.496 e. The van der Waals surface area contributed by atoms with Gasteiger partial charge in [0.1, 0.15) is 5.75 Å². The van der Waals surface area contributed by atoms with Gasteiger partial charge in [0.05, 0.1) is 30.3 Å². The first-order valence-electron chi connectivity index (χ1n) is 9.65. The lowest BCUT2D eigenvalue weighted by molar-refractivity contribution is 0.0941. The summed E-state index contributed by atoms with van der Waals surface area (Å²) in [6.07, 6.45) is 1.73. The third-order valence-corrected chi connectivity index (χ3v) is 4.86. The van der Waals surface area contributed by atoms with Gasteiger partial charge in [-0.15, -0.1) is 0 Å². The standard InChI is InChI=1S/C22H28N4O2/c1-13(2)19-11-17(18-12-23-26(14(3)4)21(18)25-19)22(27)24-15(5)16-9-7-8-10-20(16)28-6/h7-15H,1-6H3,(H,24,27)/t15-/m1/s1. The fourth-order valence-electron chi connectivity index (χ4n) is 3.28. The smallest absolute Gasteiger partial charge is 0.252 e. The van der Waals surface area contributed by atoms with E-state index >= 15 is 0 Å². The number of hydrogen-bond acceptors (Lipinski definition) is 4.